The second-order valence-electron chi connectivity index (χ2n) is 9.66. The number of hydrogen-bond acceptors (Lipinski definition) is 5. The molecule has 0 bridgehead atoms. The first-order valence-electron chi connectivity index (χ1n) is 13.0. The molecule has 0 saturated carbocycles. The van der Waals surface area contributed by atoms with Crippen LogP contribution in [0, 0.1) is 6.92 Å². The van der Waals surface area contributed by atoms with Crippen molar-refractivity contribution in [2.75, 3.05) is 18.0 Å². The maximum Gasteiger partial charge on any atom is 0.264 e. The van der Waals surface area contributed by atoms with Crippen LogP contribution in [0.3, 0.4) is 0 Å². The van der Waals surface area contributed by atoms with Crippen LogP contribution in [-0.2, 0) is 26.2 Å². The average molecular weight is 586 g/mol. The van der Waals surface area contributed by atoms with Gasteiger partial charge in [0.05, 0.1) is 17.7 Å². The molecule has 0 aromatic heterocycles. The van der Waals surface area contributed by atoms with Gasteiger partial charge in [0.1, 0.15) is 18.3 Å². The van der Waals surface area contributed by atoms with Crippen molar-refractivity contribution in [2.45, 2.75) is 57.6 Å². The minimum absolute atomic E-state index is 0.00786. The van der Waals surface area contributed by atoms with Crippen molar-refractivity contribution in [3.8, 4) is 5.75 Å². The topological polar surface area (TPSA) is 96.0 Å². The first-order valence-corrected chi connectivity index (χ1v) is 14.9. The molecule has 0 aliphatic heterocycles. The van der Waals surface area contributed by atoms with Crippen molar-refractivity contribution in [3.05, 3.63) is 88.9 Å². The highest BCUT2D eigenvalue weighted by atomic mass is 35.5. The first-order chi connectivity index (χ1) is 19.0. The second-order valence-corrected chi connectivity index (χ2v) is 12.0. The van der Waals surface area contributed by atoms with Crippen molar-refractivity contribution >= 4 is 39.1 Å². The van der Waals surface area contributed by atoms with E-state index in [2.05, 4.69) is 5.32 Å². The SMILES string of the molecule is CC[C@H](C)NC(=O)[C@@H](C)N(Cc1ccc(Cl)cc1)C(=O)CN(c1ccc(C)cc1)S(=O)(=O)c1ccc(OC)cc1. The number of carbonyl (C=O) groups excluding carboxylic acids is 2. The molecule has 0 aliphatic carbocycles. The maximum absolute atomic E-state index is 13.9. The zero-order valence-electron chi connectivity index (χ0n) is 23.4. The van der Waals surface area contributed by atoms with Gasteiger partial charge in [0.2, 0.25) is 11.8 Å². The molecule has 0 aliphatic rings. The molecule has 0 heterocycles. The Labute approximate surface area is 241 Å². The summed E-state index contributed by atoms with van der Waals surface area (Å²) in [5.41, 5.74) is 2.02. The summed E-state index contributed by atoms with van der Waals surface area (Å²) in [6.07, 6.45) is 0.727. The molecule has 40 heavy (non-hydrogen) atoms. The van der Waals surface area contributed by atoms with Gasteiger partial charge >= 0.3 is 0 Å². The molecule has 0 saturated heterocycles. The quantitative estimate of drug-likeness (QED) is 0.316. The molecule has 2 atom stereocenters. The van der Waals surface area contributed by atoms with Gasteiger partial charge in [0, 0.05) is 17.6 Å². The molecular weight excluding hydrogens is 550 g/mol. The van der Waals surface area contributed by atoms with Gasteiger partial charge in [-0.05, 0) is 81.3 Å². The van der Waals surface area contributed by atoms with Crippen LogP contribution >= 0.6 is 11.6 Å². The van der Waals surface area contributed by atoms with E-state index in [1.54, 1.807) is 67.6 Å². The number of nitrogens with zero attached hydrogens (tertiary/aromatic N) is 2. The van der Waals surface area contributed by atoms with Crippen LogP contribution in [-0.4, -0.2) is 50.9 Å². The lowest BCUT2D eigenvalue weighted by atomic mass is 10.1. The van der Waals surface area contributed by atoms with Crippen molar-refractivity contribution in [1.29, 1.82) is 0 Å². The van der Waals surface area contributed by atoms with Crippen LogP contribution in [0.5, 0.6) is 5.75 Å². The molecule has 3 aromatic rings. The number of methoxy groups -OCH3 is 1. The van der Waals surface area contributed by atoms with Crippen molar-refractivity contribution in [3.63, 3.8) is 0 Å². The second kappa shape index (κ2) is 13.7. The van der Waals surface area contributed by atoms with Crippen LogP contribution in [0.2, 0.25) is 5.02 Å². The predicted octanol–water partition coefficient (Wildman–Crippen LogP) is 5.18. The van der Waals surface area contributed by atoms with Gasteiger partial charge in [0.25, 0.3) is 10.0 Å². The number of hydrogen-bond donors (Lipinski definition) is 1. The molecule has 3 rings (SSSR count). The summed E-state index contributed by atoms with van der Waals surface area (Å²) in [6.45, 7) is 6.95. The molecule has 3 aromatic carbocycles. The average Bonchev–Trinajstić information content (AvgIpc) is 2.95. The Morgan fingerprint density at radius 3 is 2.10 bits per heavy atom. The van der Waals surface area contributed by atoms with E-state index >= 15 is 0 Å². The van der Waals surface area contributed by atoms with Crippen molar-refractivity contribution in [2.24, 2.45) is 0 Å². The number of anilines is 1. The lowest BCUT2D eigenvalue weighted by Gasteiger charge is -2.32. The Morgan fingerprint density at radius 1 is 0.950 bits per heavy atom. The van der Waals surface area contributed by atoms with Gasteiger partial charge in [-0.1, -0.05) is 48.4 Å². The lowest BCUT2D eigenvalue weighted by Crippen LogP contribution is -2.52. The molecule has 0 radical (unpaired) electrons. The van der Waals surface area contributed by atoms with Gasteiger partial charge in [-0.3, -0.25) is 13.9 Å². The van der Waals surface area contributed by atoms with E-state index in [0.29, 0.717) is 16.5 Å². The zero-order valence-corrected chi connectivity index (χ0v) is 25.0. The first kappa shape index (κ1) is 31.0. The number of ether oxygens (including phenoxy) is 1. The third kappa shape index (κ3) is 7.76. The van der Waals surface area contributed by atoms with E-state index in [0.717, 1.165) is 21.9 Å². The number of halogens is 1. The minimum atomic E-state index is -4.16. The van der Waals surface area contributed by atoms with Crippen molar-refractivity contribution in [1.82, 2.24) is 10.2 Å². The number of aryl methyl sites for hydroxylation is 1. The monoisotopic (exact) mass is 585 g/mol. The van der Waals surface area contributed by atoms with E-state index < -0.39 is 28.5 Å². The molecule has 2 amide bonds. The molecule has 10 heteroatoms. The van der Waals surface area contributed by atoms with Crippen LogP contribution in [0.15, 0.2) is 77.7 Å². The summed E-state index contributed by atoms with van der Waals surface area (Å²) in [5, 5.41) is 3.46. The lowest BCUT2D eigenvalue weighted by molar-refractivity contribution is -0.139. The van der Waals surface area contributed by atoms with Crippen LogP contribution in [0.1, 0.15) is 38.3 Å². The molecule has 1 N–H and O–H groups in total. The highest BCUT2D eigenvalue weighted by Gasteiger charge is 2.32. The minimum Gasteiger partial charge on any atom is -0.497 e. The summed E-state index contributed by atoms with van der Waals surface area (Å²) in [4.78, 5) is 28.4. The Bertz CT molecular complexity index is 1390. The highest BCUT2D eigenvalue weighted by molar-refractivity contribution is 7.92. The predicted molar refractivity (Wildman–Crippen MR) is 158 cm³/mol. The Balaban J connectivity index is 2.01. The maximum atomic E-state index is 13.9. The van der Waals surface area contributed by atoms with E-state index in [1.165, 1.54) is 24.1 Å². The van der Waals surface area contributed by atoms with Crippen LogP contribution in [0.4, 0.5) is 5.69 Å². The van der Waals surface area contributed by atoms with Gasteiger partial charge in [-0.15, -0.1) is 0 Å². The molecule has 214 valence electrons. The molecule has 8 nitrogen and oxygen atoms in total. The standard InChI is InChI=1S/C30H36ClN3O5S/c1-6-22(3)32-30(36)23(4)33(19-24-9-11-25(31)12-10-24)29(35)20-34(26-13-7-21(2)8-14-26)40(37,38)28-17-15-27(39-5)16-18-28/h7-18,22-23H,6,19-20H2,1-5H3,(H,32,36)/t22-,23+/m0/s1. The summed E-state index contributed by atoms with van der Waals surface area (Å²) in [7, 11) is -2.66. The fraction of sp³-hybridized carbons (Fsp3) is 0.333. The molecular formula is C30H36ClN3O5S. The number of carbonyl (C=O) groups is 2. The van der Waals surface area contributed by atoms with Crippen LogP contribution < -0.4 is 14.4 Å². The molecule has 0 spiro atoms. The normalized spacial score (nSPS) is 12.8. The Kier molecular flexibility index (Phi) is 10.6. The van der Waals surface area contributed by atoms with Gasteiger partial charge < -0.3 is 15.0 Å². The Morgan fingerprint density at radius 2 is 1.55 bits per heavy atom. The summed E-state index contributed by atoms with van der Waals surface area (Å²) < 4.78 is 34.0. The van der Waals surface area contributed by atoms with Crippen molar-refractivity contribution < 1.29 is 22.7 Å². The van der Waals surface area contributed by atoms with E-state index in [1.807, 2.05) is 20.8 Å². The number of sulfonamides is 1. The number of nitrogens with one attached hydrogen (secondary N) is 1. The Hall–Kier alpha value is -3.56. The largest absolute Gasteiger partial charge is 0.497 e. The fourth-order valence-corrected chi connectivity index (χ4v) is 5.49. The molecule has 0 fully saturated rings. The number of amides is 2. The third-order valence-electron chi connectivity index (χ3n) is 6.68. The summed E-state index contributed by atoms with van der Waals surface area (Å²) >= 11 is 6.05. The van der Waals surface area contributed by atoms with Gasteiger partial charge in [0.15, 0.2) is 0 Å². The third-order valence-corrected chi connectivity index (χ3v) is 8.72. The van der Waals surface area contributed by atoms with E-state index in [9.17, 15) is 18.0 Å². The van der Waals surface area contributed by atoms with E-state index in [4.69, 9.17) is 16.3 Å². The highest BCUT2D eigenvalue weighted by Crippen LogP contribution is 2.26. The smallest absolute Gasteiger partial charge is 0.264 e. The van der Waals surface area contributed by atoms with E-state index in [-0.39, 0.29) is 23.4 Å². The summed E-state index contributed by atoms with van der Waals surface area (Å²) in [5.74, 6) is -0.344. The molecule has 0 unspecified atom stereocenters. The number of benzene rings is 3. The zero-order chi connectivity index (χ0) is 29.4. The summed E-state index contributed by atoms with van der Waals surface area (Å²) in [6, 6.07) is 18.9. The van der Waals surface area contributed by atoms with Gasteiger partial charge in [-0.25, -0.2) is 8.42 Å². The van der Waals surface area contributed by atoms with Crippen LogP contribution in [0.25, 0.3) is 0 Å². The van der Waals surface area contributed by atoms with Gasteiger partial charge in [-0.2, -0.15) is 0 Å². The number of rotatable bonds is 12. The fourth-order valence-electron chi connectivity index (χ4n) is 3.95.